The molecule has 2 aliphatic rings. The molecule has 154 valence electrons. The van der Waals surface area contributed by atoms with Gasteiger partial charge in [-0.3, -0.25) is 0 Å². The molecule has 0 saturated heterocycles. The Kier molecular flexibility index (Phi) is 4.83. The predicted octanol–water partition coefficient (Wildman–Crippen LogP) is 2.83. The number of carboxylic acid groups (broad SMARTS) is 1. The van der Waals surface area contributed by atoms with E-state index >= 15 is 0 Å². The fraction of sp³-hybridized carbons (Fsp3) is 0.143. The molecular formula is C21H17NO7S. The molecule has 30 heavy (non-hydrogen) atoms. The van der Waals surface area contributed by atoms with Gasteiger partial charge < -0.3 is 18.9 Å². The van der Waals surface area contributed by atoms with E-state index in [-0.39, 0.29) is 29.2 Å². The van der Waals surface area contributed by atoms with Crippen LogP contribution in [-0.4, -0.2) is 32.1 Å². The molecular weight excluding hydrogens is 410 g/mol. The van der Waals surface area contributed by atoms with Crippen molar-refractivity contribution in [2.45, 2.75) is 18.2 Å². The number of hydrogen-bond acceptors (Lipinski definition) is 7. The van der Waals surface area contributed by atoms with E-state index in [9.17, 15) is 23.1 Å². The first-order chi connectivity index (χ1) is 14.3. The Morgan fingerprint density at radius 2 is 1.77 bits per heavy atom. The lowest BCUT2D eigenvalue weighted by Crippen LogP contribution is -2.29. The minimum atomic E-state index is -3.98. The highest BCUT2D eigenvalue weighted by atomic mass is 32.2. The monoisotopic (exact) mass is 427 g/mol. The summed E-state index contributed by atoms with van der Waals surface area (Å²) in [6.45, 7) is 1.69. The predicted molar refractivity (Wildman–Crippen MR) is 106 cm³/mol. The topological polar surface area (TPSA) is 110 Å². The molecule has 0 amide bonds. The van der Waals surface area contributed by atoms with Crippen molar-refractivity contribution in [3.63, 3.8) is 0 Å². The number of aliphatic carboxylic acids is 1. The van der Waals surface area contributed by atoms with Crippen molar-refractivity contribution >= 4 is 27.7 Å². The van der Waals surface area contributed by atoms with E-state index in [4.69, 9.17) is 8.92 Å². The van der Waals surface area contributed by atoms with Crippen LogP contribution in [0, 0.1) is 0 Å². The van der Waals surface area contributed by atoms with Gasteiger partial charge in [0.05, 0.1) is 16.8 Å². The second kappa shape index (κ2) is 7.34. The van der Waals surface area contributed by atoms with Gasteiger partial charge in [-0.15, -0.1) is 0 Å². The molecule has 2 aromatic rings. The van der Waals surface area contributed by atoms with E-state index < -0.39 is 22.1 Å². The van der Waals surface area contributed by atoms with E-state index in [1.165, 1.54) is 24.3 Å². The number of benzene rings is 2. The van der Waals surface area contributed by atoms with Crippen LogP contribution < -0.4 is 9.08 Å². The van der Waals surface area contributed by atoms with E-state index in [1.807, 2.05) is 0 Å². The molecule has 1 N–H and O–H groups in total. The minimum Gasteiger partial charge on any atom is -0.478 e. The van der Waals surface area contributed by atoms with E-state index in [0.29, 0.717) is 22.7 Å². The lowest BCUT2D eigenvalue weighted by molar-refractivity contribution is -0.136. The van der Waals surface area contributed by atoms with E-state index in [2.05, 4.69) is 0 Å². The summed E-state index contributed by atoms with van der Waals surface area (Å²) in [5, 5.41) is 9.51. The molecule has 4 rings (SSSR count). The number of allylic oxidation sites excluding steroid dienone is 1. The molecule has 0 spiro atoms. The number of ether oxygens (including phenoxy) is 1. The van der Waals surface area contributed by atoms with Crippen LogP contribution in [0.5, 0.6) is 5.75 Å². The van der Waals surface area contributed by atoms with E-state index in [1.54, 1.807) is 42.2 Å². The van der Waals surface area contributed by atoms with Crippen molar-refractivity contribution in [3.05, 3.63) is 77.1 Å². The smallest absolute Gasteiger partial charge is 0.339 e. The fourth-order valence-electron chi connectivity index (χ4n) is 3.43. The number of carbonyl (C=O) groups is 2. The Labute approximate surface area is 172 Å². The number of carboxylic acids is 1. The third-order valence-corrected chi connectivity index (χ3v) is 6.18. The van der Waals surface area contributed by atoms with Crippen molar-refractivity contribution in [1.29, 1.82) is 0 Å². The average molecular weight is 427 g/mol. The van der Waals surface area contributed by atoms with E-state index in [0.717, 1.165) is 0 Å². The molecule has 0 atom stereocenters. The Bertz CT molecular complexity index is 1200. The molecule has 0 saturated carbocycles. The summed E-state index contributed by atoms with van der Waals surface area (Å²) < 4.78 is 35.0. The zero-order chi connectivity index (χ0) is 21.5. The van der Waals surface area contributed by atoms with Gasteiger partial charge in [0.2, 0.25) is 0 Å². The fourth-order valence-corrected chi connectivity index (χ4v) is 4.39. The first-order valence-electron chi connectivity index (χ1n) is 9.00. The number of cyclic esters (lactones) is 1. The van der Waals surface area contributed by atoms with Gasteiger partial charge in [0, 0.05) is 17.8 Å². The van der Waals surface area contributed by atoms with Crippen LogP contribution in [0.25, 0.3) is 0 Å². The maximum absolute atomic E-state index is 12.4. The largest absolute Gasteiger partial charge is 0.478 e. The Hall–Kier alpha value is -3.59. The van der Waals surface area contributed by atoms with Crippen LogP contribution in [0.15, 0.2) is 82.0 Å². The number of esters is 1. The average Bonchev–Trinajstić information content (AvgIpc) is 3.09. The molecule has 8 nitrogen and oxygen atoms in total. The summed E-state index contributed by atoms with van der Waals surface area (Å²) in [5.74, 6) is -1.54. The van der Waals surface area contributed by atoms with Crippen molar-refractivity contribution < 1.29 is 32.0 Å². The molecule has 0 aromatic heterocycles. The van der Waals surface area contributed by atoms with Gasteiger partial charge in [0.15, 0.2) is 0 Å². The number of rotatable bonds is 5. The Morgan fingerprint density at radius 1 is 1.10 bits per heavy atom. The van der Waals surface area contributed by atoms with Crippen molar-refractivity contribution in [2.24, 2.45) is 0 Å². The van der Waals surface area contributed by atoms with Gasteiger partial charge in [-0.1, -0.05) is 18.2 Å². The first kappa shape index (κ1) is 19.7. The van der Waals surface area contributed by atoms with Crippen LogP contribution in [0.3, 0.4) is 0 Å². The second-order valence-corrected chi connectivity index (χ2v) is 8.27. The standard InChI is InChI=1S/C21H17NO7S/c1-13-17(20(23)24)11-18-19(12-28-21(18)25)22(13)14-7-9-15(10-8-14)29-30(26,27)16-5-3-2-4-6-16/h2-10H,11-12H2,1H3,(H,23,24). The van der Waals surface area contributed by atoms with Crippen molar-refractivity contribution in [1.82, 2.24) is 0 Å². The molecule has 0 fully saturated rings. The highest BCUT2D eigenvalue weighted by Crippen LogP contribution is 2.38. The summed E-state index contributed by atoms with van der Waals surface area (Å²) >= 11 is 0. The maximum atomic E-state index is 12.4. The van der Waals surface area contributed by atoms with Gasteiger partial charge in [-0.25, -0.2) is 9.59 Å². The summed E-state index contributed by atoms with van der Waals surface area (Å²) in [7, 11) is -3.98. The summed E-state index contributed by atoms with van der Waals surface area (Å²) in [6, 6.07) is 13.9. The van der Waals surface area contributed by atoms with Crippen LogP contribution in [0.1, 0.15) is 13.3 Å². The molecule has 2 heterocycles. The quantitative estimate of drug-likeness (QED) is 0.573. The molecule has 2 aliphatic heterocycles. The van der Waals surface area contributed by atoms with Gasteiger partial charge >= 0.3 is 22.1 Å². The number of hydrogen-bond donors (Lipinski definition) is 1. The van der Waals surface area contributed by atoms with Crippen molar-refractivity contribution in [2.75, 3.05) is 11.5 Å². The Balaban J connectivity index is 1.66. The van der Waals surface area contributed by atoms with Crippen LogP contribution in [0.2, 0.25) is 0 Å². The van der Waals surface area contributed by atoms with Crippen LogP contribution in [0.4, 0.5) is 5.69 Å². The SMILES string of the molecule is CC1=C(C(=O)O)CC2=C(COC2=O)N1c1ccc(OS(=O)(=O)c2ccccc2)cc1. The normalized spacial score (nSPS) is 16.4. The number of anilines is 1. The van der Waals surface area contributed by atoms with Crippen molar-refractivity contribution in [3.8, 4) is 5.75 Å². The first-order valence-corrected chi connectivity index (χ1v) is 10.4. The summed E-state index contributed by atoms with van der Waals surface area (Å²) in [5.41, 5.74) is 2.00. The Morgan fingerprint density at radius 3 is 2.40 bits per heavy atom. The third-order valence-electron chi connectivity index (χ3n) is 4.92. The van der Waals surface area contributed by atoms with Gasteiger partial charge in [0.25, 0.3) is 0 Å². The molecule has 0 unspecified atom stereocenters. The maximum Gasteiger partial charge on any atom is 0.339 e. The minimum absolute atomic E-state index is 0.00233. The van der Waals surface area contributed by atoms with Crippen LogP contribution in [-0.2, 0) is 24.4 Å². The molecule has 2 aromatic carbocycles. The highest BCUT2D eigenvalue weighted by molar-refractivity contribution is 7.87. The number of carbonyl (C=O) groups excluding carboxylic acids is 1. The lowest BCUT2D eigenvalue weighted by Gasteiger charge is -2.31. The lowest BCUT2D eigenvalue weighted by atomic mass is 9.97. The second-order valence-electron chi connectivity index (χ2n) is 6.73. The summed E-state index contributed by atoms with van der Waals surface area (Å²) in [4.78, 5) is 25.3. The molecule has 9 heteroatoms. The summed E-state index contributed by atoms with van der Waals surface area (Å²) in [6.07, 6.45) is 0.00233. The highest BCUT2D eigenvalue weighted by Gasteiger charge is 2.37. The zero-order valence-electron chi connectivity index (χ0n) is 15.9. The van der Waals surface area contributed by atoms with Gasteiger partial charge in [-0.2, -0.15) is 8.42 Å². The zero-order valence-corrected chi connectivity index (χ0v) is 16.7. The molecule has 0 radical (unpaired) electrons. The molecule has 0 bridgehead atoms. The van der Waals surface area contributed by atoms with Gasteiger partial charge in [0.1, 0.15) is 17.3 Å². The third kappa shape index (κ3) is 3.43. The molecule has 0 aliphatic carbocycles. The number of nitrogens with zero attached hydrogens (tertiary/aromatic N) is 1. The van der Waals surface area contributed by atoms with Gasteiger partial charge in [-0.05, 0) is 43.3 Å². The van der Waals surface area contributed by atoms with Crippen LogP contribution >= 0.6 is 0 Å².